The van der Waals surface area contributed by atoms with E-state index in [1.54, 1.807) is 18.2 Å². The molecule has 0 saturated heterocycles. The first-order chi connectivity index (χ1) is 7.54. The summed E-state index contributed by atoms with van der Waals surface area (Å²) >= 11 is 5.89. The molecule has 16 heavy (non-hydrogen) atoms. The van der Waals surface area contributed by atoms with Crippen LogP contribution in [0.1, 0.15) is 31.9 Å². The van der Waals surface area contributed by atoms with E-state index in [2.05, 4.69) is 0 Å². The molecule has 0 amide bonds. The van der Waals surface area contributed by atoms with Crippen LogP contribution in [-0.2, 0) is 0 Å². The normalized spacial score (nSPS) is 14.6. The molecule has 0 heterocycles. The summed E-state index contributed by atoms with van der Waals surface area (Å²) in [6.45, 7) is 4.05. The Bertz CT molecular complexity index is 342. The fourth-order valence-electron chi connectivity index (χ4n) is 1.31. The lowest BCUT2D eigenvalue weighted by molar-refractivity contribution is 0.103. The SMILES string of the molecule is CCC(O)COc1ccc(Cl)cc1C(C)N. The molecule has 4 heteroatoms. The van der Waals surface area contributed by atoms with Crippen LogP contribution in [0.5, 0.6) is 5.75 Å². The van der Waals surface area contributed by atoms with Crippen molar-refractivity contribution in [2.75, 3.05) is 6.61 Å². The Hall–Kier alpha value is -0.770. The van der Waals surface area contributed by atoms with Gasteiger partial charge in [0.05, 0.1) is 6.10 Å². The molecule has 0 aliphatic heterocycles. The molecule has 0 radical (unpaired) electrons. The van der Waals surface area contributed by atoms with Crippen molar-refractivity contribution < 1.29 is 9.84 Å². The van der Waals surface area contributed by atoms with E-state index in [1.165, 1.54) is 0 Å². The highest BCUT2D eigenvalue weighted by Crippen LogP contribution is 2.27. The maximum absolute atomic E-state index is 9.42. The van der Waals surface area contributed by atoms with E-state index in [9.17, 15) is 5.11 Å². The molecule has 2 atom stereocenters. The smallest absolute Gasteiger partial charge is 0.124 e. The predicted molar refractivity (Wildman–Crippen MR) is 65.8 cm³/mol. The van der Waals surface area contributed by atoms with E-state index < -0.39 is 6.10 Å². The average molecular weight is 244 g/mol. The molecule has 1 aromatic rings. The Morgan fingerprint density at radius 2 is 2.19 bits per heavy atom. The predicted octanol–water partition coefficient (Wildman–Crippen LogP) is 2.51. The zero-order chi connectivity index (χ0) is 12.1. The number of nitrogens with two attached hydrogens (primary N) is 1. The summed E-state index contributed by atoms with van der Waals surface area (Å²) in [7, 11) is 0. The summed E-state index contributed by atoms with van der Waals surface area (Å²) < 4.78 is 5.52. The number of benzene rings is 1. The Balaban J connectivity index is 2.78. The molecule has 0 spiro atoms. The first-order valence-corrected chi connectivity index (χ1v) is 5.78. The minimum absolute atomic E-state index is 0.146. The van der Waals surface area contributed by atoms with Crippen molar-refractivity contribution in [3.63, 3.8) is 0 Å². The minimum atomic E-state index is -0.448. The molecule has 0 fully saturated rings. The zero-order valence-electron chi connectivity index (χ0n) is 9.61. The van der Waals surface area contributed by atoms with Gasteiger partial charge in [0.25, 0.3) is 0 Å². The van der Waals surface area contributed by atoms with Gasteiger partial charge in [-0.1, -0.05) is 18.5 Å². The van der Waals surface area contributed by atoms with Crippen molar-refractivity contribution in [1.82, 2.24) is 0 Å². The largest absolute Gasteiger partial charge is 0.491 e. The Labute approximate surface area is 101 Å². The van der Waals surface area contributed by atoms with Gasteiger partial charge in [-0.3, -0.25) is 0 Å². The van der Waals surface area contributed by atoms with Gasteiger partial charge < -0.3 is 15.6 Å². The number of aliphatic hydroxyl groups excluding tert-OH is 1. The Morgan fingerprint density at radius 3 is 2.75 bits per heavy atom. The molecule has 0 saturated carbocycles. The molecule has 1 rings (SSSR count). The van der Waals surface area contributed by atoms with E-state index in [0.717, 1.165) is 5.56 Å². The van der Waals surface area contributed by atoms with Gasteiger partial charge >= 0.3 is 0 Å². The van der Waals surface area contributed by atoms with E-state index in [0.29, 0.717) is 17.2 Å². The highest BCUT2D eigenvalue weighted by atomic mass is 35.5. The van der Waals surface area contributed by atoms with Crippen molar-refractivity contribution in [3.05, 3.63) is 28.8 Å². The summed E-state index contributed by atoms with van der Waals surface area (Å²) in [5.74, 6) is 0.687. The second-order valence-electron chi connectivity index (χ2n) is 3.84. The van der Waals surface area contributed by atoms with Crippen molar-refractivity contribution in [1.29, 1.82) is 0 Å². The fourth-order valence-corrected chi connectivity index (χ4v) is 1.49. The quantitative estimate of drug-likeness (QED) is 0.836. The standard InChI is InChI=1S/C12H18ClNO2/c1-3-10(15)7-16-12-5-4-9(13)6-11(12)8(2)14/h4-6,8,10,15H,3,7,14H2,1-2H3. The number of ether oxygens (including phenoxy) is 1. The second-order valence-corrected chi connectivity index (χ2v) is 4.28. The molecule has 1 aromatic carbocycles. The summed E-state index contributed by atoms with van der Waals surface area (Å²) in [6, 6.07) is 5.18. The monoisotopic (exact) mass is 243 g/mol. The maximum Gasteiger partial charge on any atom is 0.124 e. The van der Waals surface area contributed by atoms with Crippen molar-refractivity contribution in [3.8, 4) is 5.75 Å². The van der Waals surface area contributed by atoms with Gasteiger partial charge in [0.2, 0.25) is 0 Å². The summed E-state index contributed by atoms with van der Waals surface area (Å²) in [5.41, 5.74) is 6.68. The third-order valence-electron chi connectivity index (χ3n) is 2.36. The highest BCUT2D eigenvalue weighted by Gasteiger charge is 2.10. The molecule has 0 aliphatic carbocycles. The van der Waals surface area contributed by atoms with E-state index in [1.807, 2.05) is 13.8 Å². The number of hydrogen-bond acceptors (Lipinski definition) is 3. The Morgan fingerprint density at radius 1 is 1.50 bits per heavy atom. The van der Waals surface area contributed by atoms with Gasteiger partial charge in [-0.05, 0) is 31.5 Å². The van der Waals surface area contributed by atoms with Gasteiger partial charge in [-0.15, -0.1) is 0 Å². The second kappa shape index (κ2) is 6.09. The molecule has 3 nitrogen and oxygen atoms in total. The van der Waals surface area contributed by atoms with E-state index in [-0.39, 0.29) is 12.6 Å². The number of hydrogen-bond donors (Lipinski definition) is 2. The van der Waals surface area contributed by atoms with Crippen LogP contribution in [-0.4, -0.2) is 17.8 Å². The molecule has 3 N–H and O–H groups in total. The lowest BCUT2D eigenvalue weighted by atomic mass is 10.1. The molecule has 0 aliphatic rings. The molecule has 2 unspecified atom stereocenters. The zero-order valence-corrected chi connectivity index (χ0v) is 10.4. The van der Waals surface area contributed by atoms with Crippen LogP contribution in [0.2, 0.25) is 5.02 Å². The molecular weight excluding hydrogens is 226 g/mol. The van der Waals surface area contributed by atoms with Crippen LogP contribution in [0.4, 0.5) is 0 Å². The topological polar surface area (TPSA) is 55.5 Å². The van der Waals surface area contributed by atoms with E-state index in [4.69, 9.17) is 22.1 Å². The highest BCUT2D eigenvalue weighted by molar-refractivity contribution is 6.30. The summed E-state index contributed by atoms with van der Waals surface area (Å²) in [6.07, 6.45) is 0.220. The van der Waals surface area contributed by atoms with Crippen molar-refractivity contribution in [2.45, 2.75) is 32.4 Å². The van der Waals surface area contributed by atoms with Gasteiger partial charge in [0.1, 0.15) is 12.4 Å². The lowest BCUT2D eigenvalue weighted by Gasteiger charge is -2.16. The van der Waals surface area contributed by atoms with Crippen molar-refractivity contribution >= 4 is 11.6 Å². The molecule has 0 aromatic heterocycles. The van der Waals surface area contributed by atoms with Crippen LogP contribution in [0.3, 0.4) is 0 Å². The maximum atomic E-state index is 9.42. The first-order valence-electron chi connectivity index (χ1n) is 5.40. The minimum Gasteiger partial charge on any atom is -0.491 e. The van der Waals surface area contributed by atoms with Crippen LogP contribution in [0.15, 0.2) is 18.2 Å². The fraction of sp³-hybridized carbons (Fsp3) is 0.500. The molecule has 0 bridgehead atoms. The van der Waals surface area contributed by atoms with Crippen LogP contribution >= 0.6 is 11.6 Å². The summed E-state index contributed by atoms with van der Waals surface area (Å²) in [4.78, 5) is 0. The Kier molecular flexibility index (Phi) is 5.06. The van der Waals surface area contributed by atoms with Gasteiger partial charge in [-0.2, -0.15) is 0 Å². The lowest BCUT2D eigenvalue weighted by Crippen LogP contribution is -2.17. The van der Waals surface area contributed by atoms with Crippen molar-refractivity contribution in [2.24, 2.45) is 5.73 Å². The van der Waals surface area contributed by atoms with E-state index >= 15 is 0 Å². The van der Waals surface area contributed by atoms with Crippen LogP contribution in [0, 0.1) is 0 Å². The van der Waals surface area contributed by atoms with Gasteiger partial charge in [0, 0.05) is 16.6 Å². The third-order valence-corrected chi connectivity index (χ3v) is 2.60. The van der Waals surface area contributed by atoms with Gasteiger partial charge in [0.15, 0.2) is 0 Å². The first kappa shape index (κ1) is 13.3. The summed E-state index contributed by atoms with van der Waals surface area (Å²) in [5, 5.41) is 10.1. The van der Waals surface area contributed by atoms with Crippen LogP contribution in [0.25, 0.3) is 0 Å². The number of rotatable bonds is 5. The molecular formula is C12H18ClNO2. The average Bonchev–Trinajstić information content (AvgIpc) is 2.26. The third kappa shape index (κ3) is 3.67. The van der Waals surface area contributed by atoms with Gasteiger partial charge in [-0.25, -0.2) is 0 Å². The number of halogens is 1. The number of aliphatic hydroxyl groups is 1. The molecule has 90 valence electrons. The van der Waals surface area contributed by atoms with Crippen LogP contribution < -0.4 is 10.5 Å².